The number of allylic oxidation sites excluding steroid dienone is 2. The second-order valence-electron chi connectivity index (χ2n) is 4.91. The van der Waals surface area contributed by atoms with E-state index in [-0.39, 0.29) is 27.6 Å². The van der Waals surface area contributed by atoms with E-state index in [1.807, 2.05) is 0 Å². The van der Waals surface area contributed by atoms with Crippen molar-refractivity contribution in [3.63, 3.8) is 0 Å². The van der Waals surface area contributed by atoms with Crippen molar-refractivity contribution in [3.05, 3.63) is 50.5 Å². The van der Waals surface area contributed by atoms with Crippen molar-refractivity contribution in [1.82, 2.24) is 0 Å². The van der Waals surface area contributed by atoms with Crippen molar-refractivity contribution in [2.24, 2.45) is 5.16 Å². The Hall–Kier alpha value is -1.67. The number of nitro benzene ring substituents is 1. The minimum atomic E-state index is -2.06. The largest absolute Gasteiger partial charge is 0.365 e. The number of oxime groups is 1. The topological polar surface area (TPSA) is 98.9 Å². The number of carbonyl (C=O) groups is 2. The third-order valence-electron chi connectivity index (χ3n) is 3.31. The fraction of sp³-hybridized carbons (Fsp3) is 0.214. The van der Waals surface area contributed by atoms with E-state index in [0.717, 1.165) is 12.1 Å². The van der Waals surface area contributed by atoms with E-state index in [9.17, 15) is 19.7 Å². The van der Waals surface area contributed by atoms with Crippen molar-refractivity contribution in [2.45, 2.75) is 16.6 Å². The number of benzene rings is 1. The quantitative estimate of drug-likeness (QED) is 0.315. The van der Waals surface area contributed by atoms with Gasteiger partial charge in [0.25, 0.3) is 5.69 Å². The van der Waals surface area contributed by atoms with Gasteiger partial charge in [-0.15, -0.1) is 11.6 Å². The van der Waals surface area contributed by atoms with Gasteiger partial charge in [0.05, 0.1) is 15.5 Å². The van der Waals surface area contributed by atoms with Crippen LogP contribution in [0.15, 0.2) is 40.0 Å². The molecule has 0 heterocycles. The number of ketones is 1. The van der Waals surface area contributed by atoms with Gasteiger partial charge in [0.15, 0.2) is 0 Å². The predicted molar refractivity (Wildman–Crippen MR) is 93.6 cm³/mol. The first-order chi connectivity index (χ1) is 11.6. The maximum atomic E-state index is 12.0. The fourth-order valence-electron chi connectivity index (χ4n) is 1.88. The normalized spacial score (nSPS) is 21.4. The lowest BCUT2D eigenvalue weighted by atomic mass is 9.96. The summed E-state index contributed by atoms with van der Waals surface area (Å²) in [5.74, 6) is -1.68. The summed E-state index contributed by atoms with van der Waals surface area (Å²) in [4.78, 5) is 38.6. The maximum Gasteiger partial charge on any atom is 0.365 e. The lowest BCUT2D eigenvalue weighted by molar-refractivity contribution is -0.384. The highest BCUT2D eigenvalue weighted by Crippen LogP contribution is 2.41. The number of nitrogens with zero attached hydrogens (tertiary/aromatic N) is 2. The van der Waals surface area contributed by atoms with Crippen LogP contribution in [0.5, 0.6) is 0 Å². The first kappa shape index (κ1) is 19.7. The van der Waals surface area contributed by atoms with E-state index < -0.39 is 26.4 Å². The first-order valence-corrected chi connectivity index (χ1v) is 8.11. The highest BCUT2D eigenvalue weighted by Gasteiger charge is 2.50. The SMILES string of the molecule is CC1=C(Cl)C(=O)C(Cl)(Cl)C(Cl)/C1=N\OC(=O)c1ccc([N+](=O)[O-])cc1. The van der Waals surface area contributed by atoms with Crippen LogP contribution in [0, 0.1) is 10.1 Å². The molecule has 1 unspecified atom stereocenters. The number of hydrogen-bond donors (Lipinski definition) is 0. The van der Waals surface area contributed by atoms with Crippen LogP contribution < -0.4 is 0 Å². The number of hydrogen-bond acceptors (Lipinski definition) is 6. The molecule has 0 aliphatic heterocycles. The van der Waals surface area contributed by atoms with Crippen LogP contribution >= 0.6 is 46.4 Å². The molecule has 1 aliphatic carbocycles. The van der Waals surface area contributed by atoms with Crippen LogP contribution in [0.2, 0.25) is 0 Å². The van der Waals surface area contributed by atoms with Gasteiger partial charge in [-0.05, 0) is 24.6 Å². The van der Waals surface area contributed by atoms with Gasteiger partial charge < -0.3 is 4.84 Å². The molecule has 11 heteroatoms. The zero-order valence-electron chi connectivity index (χ0n) is 12.3. The number of alkyl halides is 3. The molecule has 0 saturated carbocycles. The molecule has 0 N–H and O–H groups in total. The first-order valence-electron chi connectivity index (χ1n) is 6.54. The molecular weight excluding hydrogens is 418 g/mol. The van der Waals surface area contributed by atoms with Crippen LogP contribution in [0.4, 0.5) is 5.69 Å². The van der Waals surface area contributed by atoms with Gasteiger partial charge >= 0.3 is 5.97 Å². The van der Waals surface area contributed by atoms with E-state index >= 15 is 0 Å². The maximum absolute atomic E-state index is 12.0. The van der Waals surface area contributed by atoms with Crippen LogP contribution in [-0.4, -0.2) is 32.1 Å². The van der Waals surface area contributed by atoms with Crippen molar-refractivity contribution in [3.8, 4) is 0 Å². The van der Waals surface area contributed by atoms with Crippen LogP contribution in [0.3, 0.4) is 0 Å². The van der Waals surface area contributed by atoms with E-state index in [4.69, 9.17) is 51.2 Å². The van der Waals surface area contributed by atoms with Crippen molar-refractivity contribution >= 4 is 69.6 Å². The number of halogens is 4. The highest BCUT2D eigenvalue weighted by atomic mass is 35.5. The summed E-state index contributed by atoms with van der Waals surface area (Å²) in [6.45, 7) is 1.44. The van der Waals surface area contributed by atoms with Crippen LogP contribution in [0.1, 0.15) is 17.3 Å². The molecule has 1 aromatic rings. The highest BCUT2D eigenvalue weighted by molar-refractivity contribution is 6.70. The molecule has 0 spiro atoms. The molecule has 1 aliphatic rings. The summed E-state index contributed by atoms with van der Waals surface area (Å²) < 4.78 is -2.06. The zero-order chi connectivity index (χ0) is 18.9. The average Bonchev–Trinajstić information content (AvgIpc) is 2.58. The minimum Gasteiger partial charge on any atom is -0.312 e. The van der Waals surface area contributed by atoms with Crippen molar-refractivity contribution in [2.75, 3.05) is 0 Å². The van der Waals surface area contributed by atoms with Gasteiger partial charge in [0.1, 0.15) is 11.1 Å². The van der Waals surface area contributed by atoms with Gasteiger partial charge in [0.2, 0.25) is 10.1 Å². The summed E-state index contributed by atoms with van der Waals surface area (Å²) in [6, 6.07) is 4.68. The summed E-state index contributed by atoms with van der Waals surface area (Å²) in [5, 5.41) is 12.6. The Bertz CT molecular complexity index is 817. The van der Waals surface area contributed by atoms with Gasteiger partial charge in [-0.25, -0.2) is 4.79 Å². The molecule has 0 saturated heterocycles. The molecule has 0 bridgehead atoms. The average molecular weight is 426 g/mol. The third kappa shape index (κ3) is 3.79. The molecule has 2 rings (SSSR count). The summed E-state index contributed by atoms with van der Waals surface area (Å²) in [6.07, 6.45) is 0. The monoisotopic (exact) mass is 424 g/mol. The summed E-state index contributed by atoms with van der Waals surface area (Å²) in [7, 11) is 0. The Balaban J connectivity index is 2.26. The summed E-state index contributed by atoms with van der Waals surface area (Å²) in [5.41, 5.74) is -0.0792. The molecule has 0 fully saturated rings. The van der Waals surface area contributed by atoms with Crippen LogP contribution in [-0.2, 0) is 9.63 Å². The fourth-order valence-corrected chi connectivity index (χ4v) is 2.92. The third-order valence-corrected chi connectivity index (χ3v) is 5.31. The second kappa shape index (κ2) is 7.29. The van der Waals surface area contributed by atoms with Gasteiger partial charge in [-0.1, -0.05) is 40.0 Å². The number of non-ortho nitro benzene ring substituents is 1. The van der Waals surface area contributed by atoms with Crippen LogP contribution in [0.25, 0.3) is 0 Å². The van der Waals surface area contributed by atoms with E-state index in [1.54, 1.807) is 0 Å². The van der Waals surface area contributed by atoms with E-state index in [2.05, 4.69) is 5.16 Å². The number of nitro groups is 1. The molecular formula is C14H8Cl4N2O5. The molecule has 25 heavy (non-hydrogen) atoms. The molecule has 1 atom stereocenters. The van der Waals surface area contributed by atoms with Gasteiger partial charge in [-0.2, -0.15) is 0 Å². The lowest BCUT2D eigenvalue weighted by Crippen LogP contribution is -2.46. The Kier molecular flexibility index (Phi) is 5.73. The van der Waals surface area contributed by atoms with E-state index in [0.29, 0.717) is 0 Å². The zero-order valence-corrected chi connectivity index (χ0v) is 15.4. The Labute approximate surface area is 161 Å². The molecule has 0 amide bonds. The molecule has 0 radical (unpaired) electrons. The number of Topliss-reactive ketones (excluding diaryl/α,β-unsaturated/α-hetero) is 1. The summed E-state index contributed by atoms with van der Waals surface area (Å²) >= 11 is 23.7. The Morgan fingerprint density at radius 1 is 1.32 bits per heavy atom. The second-order valence-corrected chi connectivity index (χ2v) is 7.11. The smallest absolute Gasteiger partial charge is 0.312 e. The Morgan fingerprint density at radius 3 is 2.40 bits per heavy atom. The molecule has 132 valence electrons. The minimum absolute atomic E-state index is 0.0173. The Morgan fingerprint density at radius 2 is 1.88 bits per heavy atom. The standard InChI is InChI=1S/C14H8Cl4N2O5/c1-6-9(15)12(21)14(17,18)11(16)10(6)19-25-13(22)7-2-4-8(5-3-7)20(23)24/h2-5,11H,1H3/b19-10-. The lowest BCUT2D eigenvalue weighted by Gasteiger charge is -2.29. The molecule has 1 aromatic carbocycles. The van der Waals surface area contributed by atoms with Crippen molar-refractivity contribution < 1.29 is 19.3 Å². The van der Waals surface area contributed by atoms with E-state index in [1.165, 1.54) is 19.1 Å². The van der Waals surface area contributed by atoms with Crippen molar-refractivity contribution in [1.29, 1.82) is 0 Å². The molecule has 7 nitrogen and oxygen atoms in total. The van der Waals surface area contributed by atoms with Gasteiger partial charge in [-0.3, -0.25) is 14.9 Å². The predicted octanol–water partition coefficient (Wildman–Crippen LogP) is 3.98. The van der Waals surface area contributed by atoms with Gasteiger partial charge in [0, 0.05) is 12.1 Å². The number of rotatable bonds is 3. The number of carbonyl (C=O) groups excluding carboxylic acids is 2. The molecule has 0 aromatic heterocycles.